The molecule has 1 amide bonds. The van der Waals surface area contributed by atoms with Crippen molar-refractivity contribution in [2.75, 3.05) is 27.8 Å². The third kappa shape index (κ3) is 7.84. The van der Waals surface area contributed by atoms with Crippen molar-refractivity contribution in [2.45, 2.75) is 29.9 Å². The number of carbonyl (C=O) groups is 1. The van der Waals surface area contributed by atoms with Crippen molar-refractivity contribution in [1.29, 1.82) is 0 Å². The summed E-state index contributed by atoms with van der Waals surface area (Å²) in [5, 5.41) is 11.5. The van der Waals surface area contributed by atoms with Crippen molar-refractivity contribution < 1.29 is 27.4 Å². The molecule has 0 aliphatic heterocycles. The molecule has 0 aliphatic carbocycles. The molecule has 2 aromatic heterocycles. The van der Waals surface area contributed by atoms with E-state index in [0.29, 0.717) is 64.0 Å². The number of thioether (sulfide) groups is 1. The summed E-state index contributed by atoms with van der Waals surface area (Å²) < 4.78 is 53.0. The van der Waals surface area contributed by atoms with Gasteiger partial charge in [-0.05, 0) is 47.9 Å². The predicted molar refractivity (Wildman–Crippen MR) is 167 cm³/mol. The highest BCUT2D eigenvalue weighted by Gasteiger charge is 2.31. The molecule has 0 spiro atoms. The van der Waals surface area contributed by atoms with Gasteiger partial charge in [-0.1, -0.05) is 54.2 Å². The number of alkyl halides is 3. The lowest BCUT2D eigenvalue weighted by atomic mass is 10.1. The van der Waals surface area contributed by atoms with Crippen molar-refractivity contribution in [3.05, 3.63) is 111 Å². The Labute approximate surface area is 266 Å². The molecule has 5 aromatic rings. The number of nitrogens with zero attached hydrogens (tertiary/aromatic N) is 5. The standard InChI is InChI=1S/C32H30F3N5O3S2/c1-39(15-14-22-12-13-26(42-2)27(16-22)43-3)30(41)25-19-44-29(36-25)20-45-31-38-37-28(17-21-8-5-4-6-9-21)40(31)24-11-7-10-23(18-24)32(33,34)35/h4-13,16,18-19H,14-15,17,20H2,1-3H3. The van der Waals surface area contributed by atoms with Crippen LogP contribution in [0.5, 0.6) is 11.5 Å². The zero-order valence-corrected chi connectivity index (χ0v) is 26.4. The topological polar surface area (TPSA) is 82.4 Å². The Morgan fingerprint density at radius 2 is 1.73 bits per heavy atom. The zero-order valence-electron chi connectivity index (χ0n) is 24.7. The quantitative estimate of drug-likeness (QED) is 0.135. The molecule has 0 aliphatic rings. The third-order valence-electron chi connectivity index (χ3n) is 6.96. The minimum Gasteiger partial charge on any atom is -0.493 e. The zero-order chi connectivity index (χ0) is 32.0. The number of ether oxygens (including phenoxy) is 2. The van der Waals surface area contributed by atoms with E-state index >= 15 is 0 Å². The molecule has 0 radical (unpaired) electrons. The maximum absolute atomic E-state index is 13.6. The van der Waals surface area contributed by atoms with E-state index in [-0.39, 0.29) is 5.91 Å². The minimum absolute atomic E-state index is 0.208. The largest absolute Gasteiger partial charge is 0.493 e. The average Bonchev–Trinajstić information content (AvgIpc) is 3.69. The van der Waals surface area contributed by atoms with E-state index in [4.69, 9.17) is 9.47 Å². The average molecular weight is 654 g/mol. The fourth-order valence-electron chi connectivity index (χ4n) is 4.60. The molecule has 0 N–H and O–H groups in total. The fourth-order valence-corrected chi connectivity index (χ4v) is 6.36. The first-order chi connectivity index (χ1) is 21.7. The highest BCUT2D eigenvalue weighted by atomic mass is 32.2. The van der Waals surface area contributed by atoms with E-state index in [9.17, 15) is 18.0 Å². The van der Waals surface area contributed by atoms with Crippen LogP contribution in [-0.2, 0) is 24.8 Å². The summed E-state index contributed by atoms with van der Waals surface area (Å²) in [6.07, 6.45) is -3.49. The van der Waals surface area contributed by atoms with Crippen LogP contribution in [0.1, 0.15) is 38.0 Å². The SMILES string of the molecule is COc1ccc(CCN(C)C(=O)c2csc(CSc3nnc(Cc4ccccc4)n3-c3cccc(C(F)(F)F)c3)n2)cc1OC. The number of halogens is 3. The lowest BCUT2D eigenvalue weighted by molar-refractivity contribution is -0.137. The maximum atomic E-state index is 13.6. The highest BCUT2D eigenvalue weighted by Crippen LogP contribution is 2.33. The Hall–Kier alpha value is -4.36. The van der Waals surface area contributed by atoms with Crippen LogP contribution in [0.3, 0.4) is 0 Å². The smallest absolute Gasteiger partial charge is 0.416 e. The number of hydrogen-bond acceptors (Lipinski definition) is 8. The molecule has 3 aromatic carbocycles. The number of benzene rings is 3. The molecular formula is C32H30F3N5O3S2. The molecule has 13 heteroatoms. The molecule has 0 bridgehead atoms. The van der Waals surface area contributed by atoms with Crippen molar-refractivity contribution in [3.63, 3.8) is 0 Å². The summed E-state index contributed by atoms with van der Waals surface area (Å²) in [6.45, 7) is 0.472. The number of carbonyl (C=O) groups excluding carboxylic acids is 1. The monoisotopic (exact) mass is 653 g/mol. The number of likely N-dealkylation sites (N-methyl/N-ethyl adjacent to an activating group) is 1. The van der Waals surface area contributed by atoms with Gasteiger partial charge in [0.1, 0.15) is 16.5 Å². The molecule has 45 heavy (non-hydrogen) atoms. The van der Waals surface area contributed by atoms with Gasteiger partial charge in [0.15, 0.2) is 16.7 Å². The van der Waals surface area contributed by atoms with Gasteiger partial charge in [0, 0.05) is 25.4 Å². The number of amides is 1. The minimum atomic E-state index is -4.49. The Morgan fingerprint density at radius 1 is 0.956 bits per heavy atom. The highest BCUT2D eigenvalue weighted by molar-refractivity contribution is 7.98. The first kappa shape index (κ1) is 32.0. The predicted octanol–water partition coefficient (Wildman–Crippen LogP) is 6.96. The van der Waals surface area contributed by atoms with Gasteiger partial charge in [0.25, 0.3) is 5.91 Å². The Kier molecular flexibility index (Phi) is 10.1. The van der Waals surface area contributed by atoms with Gasteiger partial charge >= 0.3 is 6.18 Å². The van der Waals surface area contributed by atoms with E-state index in [1.165, 1.54) is 29.2 Å². The Balaban J connectivity index is 1.29. The normalized spacial score (nSPS) is 11.4. The van der Waals surface area contributed by atoms with Gasteiger partial charge in [-0.2, -0.15) is 13.2 Å². The molecule has 8 nitrogen and oxygen atoms in total. The molecule has 234 valence electrons. The van der Waals surface area contributed by atoms with Crippen LogP contribution in [0.15, 0.2) is 83.3 Å². The van der Waals surface area contributed by atoms with Gasteiger partial charge in [0.05, 0.1) is 31.2 Å². The first-order valence-corrected chi connectivity index (χ1v) is 15.7. The van der Waals surface area contributed by atoms with Crippen LogP contribution >= 0.6 is 23.1 Å². The molecule has 0 unspecified atom stereocenters. The van der Waals surface area contributed by atoms with Crippen molar-refractivity contribution >= 4 is 29.0 Å². The van der Waals surface area contributed by atoms with E-state index < -0.39 is 11.7 Å². The van der Waals surface area contributed by atoms with Crippen LogP contribution in [-0.4, -0.2) is 58.4 Å². The molecule has 0 saturated carbocycles. The van der Waals surface area contributed by atoms with Crippen molar-refractivity contribution in [2.24, 2.45) is 0 Å². The number of rotatable bonds is 12. The molecule has 0 atom stereocenters. The van der Waals surface area contributed by atoms with Gasteiger partial charge in [-0.15, -0.1) is 21.5 Å². The van der Waals surface area contributed by atoms with E-state index in [1.807, 2.05) is 48.5 Å². The van der Waals surface area contributed by atoms with Crippen LogP contribution in [0.2, 0.25) is 0 Å². The van der Waals surface area contributed by atoms with Crippen molar-refractivity contribution in [1.82, 2.24) is 24.6 Å². The van der Waals surface area contributed by atoms with Crippen LogP contribution in [0.25, 0.3) is 5.69 Å². The number of hydrogen-bond donors (Lipinski definition) is 0. The van der Waals surface area contributed by atoms with Crippen LogP contribution in [0, 0.1) is 0 Å². The summed E-state index contributed by atoms with van der Waals surface area (Å²) in [6, 6.07) is 20.3. The third-order valence-corrected chi connectivity index (χ3v) is 8.94. The van der Waals surface area contributed by atoms with Crippen molar-refractivity contribution in [3.8, 4) is 17.2 Å². The maximum Gasteiger partial charge on any atom is 0.416 e. The molecule has 0 saturated heterocycles. The lowest BCUT2D eigenvalue weighted by Crippen LogP contribution is -2.29. The summed E-state index contributed by atoms with van der Waals surface area (Å²) >= 11 is 2.64. The first-order valence-electron chi connectivity index (χ1n) is 13.9. The van der Waals surface area contributed by atoms with E-state index in [2.05, 4.69) is 15.2 Å². The molecule has 5 rings (SSSR count). The Morgan fingerprint density at radius 3 is 2.47 bits per heavy atom. The second-order valence-corrected chi connectivity index (χ2v) is 11.9. The molecule has 0 fully saturated rings. The summed E-state index contributed by atoms with van der Waals surface area (Å²) in [5.41, 5.74) is 1.84. The van der Waals surface area contributed by atoms with Gasteiger partial charge in [-0.3, -0.25) is 9.36 Å². The summed E-state index contributed by atoms with van der Waals surface area (Å²) in [7, 11) is 4.88. The number of thiazole rings is 1. The van der Waals surface area contributed by atoms with Gasteiger partial charge in [-0.25, -0.2) is 4.98 Å². The van der Waals surface area contributed by atoms with E-state index in [1.54, 1.807) is 42.2 Å². The fraction of sp³-hybridized carbons (Fsp3) is 0.250. The summed E-state index contributed by atoms with van der Waals surface area (Å²) in [4.78, 5) is 19.3. The van der Waals surface area contributed by atoms with Gasteiger partial charge < -0.3 is 14.4 Å². The Bertz CT molecular complexity index is 1760. The second-order valence-electron chi connectivity index (χ2n) is 10.0. The van der Waals surface area contributed by atoms with E-state index in [0.717, 1.165) is 23.3 Å². The van der Waals surface area contributed by atoms with Crippen LogP contribution in [0.4, 0.5) is 13.2 Å². The number of aromatic nitrogens is 4. The second kappa shape index (κ2) is 14.2. The summed E-state index contributed by atoms with van der Waals surface area (Å²) in [5.74, 6) is 1.92. The molecular weight excluding hydrogens is 624 g/mol. The van der Waals surface area contributed by atoms with Gasteiger partial charge in [0.2, 0.25) is 0 Å². The lowest BCUT2D eigenvalue weighted by Gasteiger charge is -2.16. The van der Waals surface area contributed by atoms with Crippen LogP contribution < -0.4 is 9.47 Å². The molecule has 2 heterocycles. The number of methoxy groups -OCH3 is 2.